The van der Waals surface area contributed by atoms with Crippen molar-refractivity contribution in [1.82, 2.24) is 9.55 Å². The molecule has 0 fully saturated rings. The zero-order valence-electron chi connectivity index (χ0n) is 21.5. The standard InChI is InChI=1S/C25H40N2O5Si/c1-16(2)20-21(22(28)19-13-17(3)12-18(4)14-19)27(24(30)26-23(20)29)15-31-10-11-32-33(8,9)25(5,6)7/h12-14,16,22,28H,10-11,15H2,1-9H3,(H,26,29,30). The second-order valence-corrected chi connectivity index (χ2v) is 15.4. The van der Waals surface area contributed by atoms with Crippen LogP contribution >= 0.6 is 0 Å². The summed E-state index contributed by atoms with van der Waals surface area (Å²) in [7, 11) is -1.90. The average molecular weight is 477 g/mol. The van der Waals surface area contributed by atoms with Crippen molar-refractivity contribution in [3.05, 3.63) is 67.0 Å². The van der Waals surface area contributed by atoms with Crippen molar-refractivity contribution in [1.29, 1.82) is 0 Å². The molecule has 33 heavy (non-hydrogen) atoms. The summed E-state index contributed by atoms with van der Waals surface area (Å²) in [6.45, 7) is 19.1. The largest absolute Gasteiger partial charge is 0.414 e. The van der Waals surface area contributed by atoms with Crippen molar-refractivity contribution in [2.45, 2.75) is 85.4 Å². The molecule has 8 heteroatoms. The van der Waals surface area contributed by atoms with Gasteiger partial charge in [0.25, 0.3) is 5.56 Å². The second kappa shape index (κ2) is 10.5. The first kappa shape index (κ1) is 27.2. The molecule has 2 rings (SSSR count). The first-order valence-corrected chi connectivity index (χ1v) is 14.4. The Bertz CT molecular complexity index is 1060. The van der Waals surface area contributed by atoms with Crippen molar-refractivity contribution >= 4 is 8.32 Å². The lowest BCUT2D eigenvalue weighted by atomic mass is 9.94. The molecule has 7 nitrogen and oxygen atoms in total. The van der Waals surface area contributed by atoms with Gasteiger partial charge in [-0.25, -0.2) is 4.79 Å². The van der Waals surface area contributed by atoms with Crippen LogP contribution in [0.25, 0.3) is 0 Å². The fraction of sp³-hybridized carbons (Fsp3) is 0.600. The number of benzene rings is 1. The molecule has 0 aliphatic heterocycles. The Hall–Kier alpha value is -2.00. The van der Waals surface area contributed by atoms with E-state index >= 15 is 0 Å². The molecule has 0 bridgehead atoms. The Balaban J connectivity index is 2.36. The number of aryl methyl sites for hydroxylation is 2. The number of nitrogens with zero attached hydrogens (tertiary/aromatic N) is 1. The van der Waals surface area contributed by atoms with Crippen molar-refractivity contribution in [3.8, 4) is 0 Å². The van der Waals surface area contributed by atoms with Crippen LogP contribution in [0.5, 0.6) is 0 Å². The highest BCUT2D eigenvalue weighted by Gasteiger charge is 2.36. The Morgan fingerprint density at radius 1 is 1.06 bits per heavy atom. The summed E-state index contributed by atoms with van der Waals surface area (Å²) < 4.78 is 13.2. The van der Waals surface area contributed by atoms with Gasteiger partial charge in [-0.1, -0.05) is 63.9 Å². The minimum Gasteiger partial charge on any atom is -0.414 e. The monoisotopic (exact) mass is 476 g/mol. The zero-order chi connectivity index (χ0) is 25.1. The lowest BCUT2D eigenvalue weighted by Crippen LogP contribution is -2.41. The number of rotatable bonds is 9. The van der Waals surface area contributed by atoms with E-state index in [0.29, 0.717) is 24.3 Å². The van der Waals surface area contributed by atoms with E-state index in [1.807, 2.05) is 45.9 Å². The molecule has 1 aromatic heterocycles. The maximum Gasteiger partial charge on any atom is 0.330 e. The molecule has 1 unspecified atom stereocenters. The Morgan fingerprint density at radius 3 is 2.15 bits per heavy atom. The molecule has 0 spiro atoms. The lowest BCUT2D eigenvalue weighted by Gasteiger charge is -2.36. The van der Waals surface area contributed by atoms with Gasteiger partial charge in [0.15, 0.2) is 8.32 Å². The van der Waals surface area contributed by atoms with Crippen LogP contribution in [-0.4, -0.2) is 36.2 Å². The van der Waals surface area contributed by atoms with Crippen LogP contribution in [0.3, 0.4) is 0 Å². The molecule has 2 N–H and O–H groups in total. The third-order valence-electron chi connectivity index (χ3n) is 6.39. The Morgan fingerprint density at radius 2 is 1.64 bits per heavy atom. The van der Waals surface area contributed by atoms with Gasteiger partial charge in [0.2, 0.25) is 0 Å². The average Bonchev–Trinajstić information content (AvgIpc) is 2.66. The maximum absolute atomic E-state index is 12.8. The van der Waals surface area contributed by atoms with E-state index < -0.39 is 25.7 Å². The molecule has 1 aromatic carbocycles. The van der Waals surface area contributed by atoms with Crippen LogP contribution < -0.4 is 11.2 Å². The summed E-state index contributed by atoms with van der Waals surface area (Å²) in [5, 5.41) is 11.4. The summed E-state index contributed by atoms with van der Waals surface area (Å²) in [6, 6.07) is 5.74. The van der Waals surface area contributed by atoms with Gasteiger partial charge in [-0.3, -0.25) is 14.3 Å². The van der Waals surface area contributed by atoms with Crippen molar-refractivity contribution < 1.29 is 14.3 Å². The van der Waals surface area contributed by atoms with Crippen LogP contribution in [-0.2, 0) is 15.9 Å². The van der Waals surface area contributed by atoms with Gasteiger partial charge in [-0.05, 0) is 43.5 Å². The number of aliphatic hydroxyl groups is 1. The van der Waals surface area contributed by atoms with E-state index in [2.05, 4.69) is 38.8 Å². The molecule has 0 amide bonds. The predicted octanol–water partition coefficient (Wildman–Crippen LogP) is 4.35. The molecule has 0 aliphatic carbocycles. The van der Waals surface area contributed by atoms with E-state index in [4.69, 9.17) is 9.16 Å². The molecule has 0 radical (unpaired) electrons. The number of hydrogen-bond acceptors (Lipinski definition) is 5. The molecule has 0 saturated carbocycles. The fourth-order valence-electron chi connectivity index (χ4n) is 3.64. The summed E-state index contributed by atoms with van der Waals surface area (Å²) in [5.74, 6) is -0.196. The number of ether oxygens (including phenoxy) is 1. The molecule has 0 aliphatic rings. The number of aromatic nitrogens is 2. The first-order valence-electron chi connectivity index (χ1n) is 11.5. The van der Waals surface area contributed by atoms with E-state index in [1.165, 1.54) is 4.57 Å². The number of aromatic amines is 1. The normalized spacial score (nSPS) is 13.5. The number of aliphatic hydroxyl groups excluding tert-OH is 1. The third kappa shape index (κ3) is 6.53. The molecular formula is C25H40N2O5Si. The summed E-state index contributed by atoms with van der Waals surface area (Å²) >= 11 is 0. The van der Waals surface area contributed by atoms with Gasteiger partial charge in [-0.15, -0.1) is 0 Å². The Kier molecular flexibility index (Phi) is 8.67. The molecular weight excluding hydrogens is 436 g/mol. The topological polar surface area (TPSA) is 93.6 Å². The van der Waals surface area contributed by atoms with Crippen LogP contribution in [0.1, 0.15) is 74.6 Å². The van der Waals surface area contributed by atoms with Gasteiger partial charge in [0, 0.05) is 5.56 Å². The third-order valence-corrected chi connectivity index (χ3v) is 10.9. The van der Waals surface area contributed by atoms with Gasteiger partial charge in [0.1, 0.15) is 12.8 Å². The van der Waals surface area contributed by atoms with E-state index in [9.17, 15) is 14.7 Å². The van der Waals surface area contributed by atoms with Gasteiger partial charge in [-0.2, -0.15) is 0 Å². The molecule has 1 heterocycles. The van der Waals surface area contributed by atoms with Crippen LogP contribution in [0, 0.1) is 13.8 Å². The summed E-state index contributed by atoms with van der Waals surface area (Å²) in [6.07, 6.45) is -1.14. The number of H-pyrrole nitrogens is 1. The highest BCUT2D eigenvalue weighted by atomic mass is 28.4. The van der Waals surface area contributed by atoms with Gasteiger partial charge in [0.05, 0.1) is 18.9 Å². The predicted molar refractivity (Wildman–Crippen MR) is 134 cm³/mol. The molecule has 1 atom stereocenters. The molecule has 184 valence electrons. The van der Waals surface area contributed by atoms with E-state index in [1.54, 1.807) is 0 Å². The fourth-order valence-corrected chi connectivity index (χ4v) is 4.66. The quantitative estimate of drug-likeness (QED) is 0.414. The van der Waals surface area contributed by atoms with Crippen molar-refractivity contribution in [3.63, 3.8) is 0 Å². The second-order valence-electron chi connectivity index (χ2n) is 10.6. The van der Waals surface area contributed by atoms with E-state index in [-0.39, 0.29) is 23.4 Å². The zero-order valence-corrected chi connectivity index (χ0v) is 22.5. The Labute approximate surface area is 197 Å². The van der Waals surface area contributed by atoms with Gasteiger partial charge < -0.3 is 14.3 Å². The first-order chi connectivity index (χ1) is 15.2. The molecule has 0 saturated heterocycles. The maximum atomic E-state index is 12.8. The van der Waals surface area contributed by atoms with Crippen molar-refractivity contribution in [2.24, 2.45) is 0 Å². The summed E-state index contributed by atoms with van der Waals surface area (Å²) in [5.41, 5.74) is 2.19. The lowest BCUT2D eigenvalue weighted by molar-refractivity contribution is 0.0426. The van der Waals surface area contributed by atoms with Gasteiger partial charge >= 0.3 is 5.69 Å². The van der Waals surface area contributed by atoms with Crippen LogP contribution in [0.15, 0.2) is 27.8 Å². The SMILES string of the molecule is Cc1cc(C)cc(C(O)c2c(C(C)C)c(=O)[nH]c(=O)n2COCCO[Si](C)(C)C(C)(C)C)c1. The van der Waals surface area contributed by atoms with Crippen LogP contribution in [0.4, 0.5) is 0 Å². The minimum absolute atomic E-state index is 0.0899. The highest BCUT2D eigenvalue weighted by Crippen LogP contribution is 2.36. The molecule has 2 aromatic rings. The van der Waals surface area contributed by atoms with E-state index in [0.717, 1.165) is 11.1 Å². The summed E-state index contributed by atoms with van der Waals surface area (Å²) in [4.78, 5) is 27.8. The van der Waals surface area contributed by atoms with Crippen molar-refractivity contribution in [2.75, 3.05) is 13.2 Å². The van der Waals surface area contributed by atoms with Crippen LogP contribution in [0.2, 0.25) is 18.1 Å². The smallest absolute Gasteiger partial charge is 0.330 e. The minimum atomic E-state index is -1.90. The highest BCUT2D eigenvalue weighted by molar-refractivity contribution is 6.74. The number of nitrogens with one attached hydrogen (secondary N) is 1. The number of hydrogen-bond donors (Lipinski definition) is 2.